The number of rotatable bonds is 4. The molecule has 0 atom stereocenters. The Morgan fingerprint density at radius 3 is 2.58 bits per heavy atom. The molecule has 3 rings (SSSR count). The Labute approximate surface area is 145 Å². The fourth-order valence-corrected chi connectivity index (χ4v) is 3.01. The lowest BCUT2D eigenvalue weighted by atomic mass is 10.1. The first-order chi connectivity index (χ1) is 11.5. The van der Waals surface area contributed by atoms with Gasteiger partial charge in [0.1, 0.15) is 0 Å². The van der Waals surface area contributed by atoms with Gasteiger partial charge in [-0.05, 0) is 24.6 Å². The van der Waals surface area contributed by atoms with E-state index in [2.05, 4.69) is 26.7 Å². The molecule has 1 fully saturated rings. The summed E-state index contributed by atoms with van der Waals surface area (Å²) in [4.78, 5) is 23.5. The van der Waals surface area contributed by atoms with E-state index in [0.29, 0.717) is 6.54 Å². The van der Waals surface area contributed by atoms with Crippen molar-refractivity contribution in [2.24, 2.45) is 0 Å². The van der Waals surface area contributed by atoms with Gasteiger partial charge in [0.2, 0.25) is 0 Å². The number of carbonyl (C=O) groups is 1. The summed E-state index contributed by atoms with van der Waals surface area (Å²) >= 11 is 6.11. The van der Waals surface area contributed by atoms with Gasteiger partial charge in [-0.3, -0.25) is 9.88 Å². The summed E-state index contributed by atoms with van der Waals surface area (Å²) in [6.45, 7) is 6.43. The summed E-state index contributed by atoms with van der Waals surface area (Å²) in [5.41, 5.74) is 3.17. The van der Waals surface area contributed by atoms with Crippen LogP contribution in [-0.4, -0.2) is 52.1 Å². The molecule has 6 nitrogen and oxygen atoms in total. The van der Waals surface area contributed by atoms with E-state index in [-0.39, 0.29) is 5.69 Å². The Kier molecular flexibility index (Phi) is 4.97. The van der Waals surface area contributed by atoms with E-state index in [4.69, 9.17) is 16.7 Å². The van der Waals surface area contributed by atoms with E-state index in [1.54, 1.807) is 0 Å². The lowest BCUT2D eigenvalue weighted by Gasteiger charge is -2.36. The number of nitrogens with zero attached hydrogens (tertiary/aromatic N) is 4. The zero-order valence-electron chi connectivity index (χ0n) is 13.4. The highest BCUT2D eigenvalue weighted by Gasteiger charge is 2.19. The Morgan fingerprint density at radius 1 is 1.21 bits per heavy atom. The van der Waals surface area contributed by atoms with E-state index in [1.807, 2.05) is 18.2 Å². The molecule has 0 bridgehead atoms. The number of carboxylic acids is 1. The molecule has 7 heteroatoms. The number of aryl methyl sites for hydroxylation is 1. The largest absolute Gasteiger partial charge is 0.476 e. The molecule has 1 aliphatic heterocycles. The molecule has 0 amide bonds. The maximum Gasteiger partial charge on any atom is 0.356 e. The molecule has 1 aliphatic rings. The van der Waals surface area contributed by atoms with Crippen LogP contribution < -0.4 is 4.90 Å². The van der Waals surface area contributed by atoms with Gasteiger partial charge in [-0.1, -0.05) is 17.7 Å². The van der Waals surface area contributed by atoms with Gasteiger partial charge in [0.15, 0.2) is 5.69 Å². The minimum Gasteiger partial charge on any atom is -0.476 e. The van der Waals surface area contributed by atoms with Crippen molar-refractivity contribution in [1.29, 1.82) is 0 Å². The van der Waals surface area contributed by atoms with Gasteiger partial charge in [0, 0.05) is 43.4 Å². The van der Waals surface area contributed by atoms with Crippen molar-refractivity contribution >= 4 is 23.3 Å². The minimum atomic E-state index is -1.06. The summed E-state index contributed by atoms with van der Waals surface area (Å²) in [7, 11) is 0. The lowest BCUT2D eigenvalue weighted by Crippen LogP contribution is -2.46. The topological polar surface area (TPSA) is 69.6 Å². The van der Waals surface area contributed by atoms with Crippen molar-refractivity contribution in [3.8, 4) is 0 Å². The van der Waals surface area contributed by atoms with E-state index in [1.165, 1.54) is 23.6 Å². The van der Waals surface area contributed by atoms with Crippen LogP contribution in [0.4, 0.5) is 5.69 Å². The predicted octanol–water partition coefficient (Wildman–Crippen LogP) is 2.46. The number of halogens is 1. The Bertz CT molecular complexity index is 728. The summed E-state index contributed by atoms with van der Waals surface area (Å²) in [5, 5.41) is 9.60. The standard InChI is InChI=1S/C17H19ClN4O2/c1-12-2-3-13(18)8-16(12)22-6-4-21(5-7-22)11-14-9-20-15(10-19-14)17(23)24/h2-3,8-10H,4-7,11H2,1H3,(H,23,24). The number of benzene rings is 1. The quantitative estimate of drug-likeness (QED) is 0.917. The number of hydrogen-bond acceptors (Lipinski definition) is 5. The SMILES string of the molecule is Cc1ccc(Cl)cc1N1CCN(Cc2cnc(C(=O)O)cn2)CC1. The average Bonchev–Trinajstić information content (AvgIpc) is 2.58. The van der Waals surface area contributed by atoms with E-state index >= 15 is 0 Å². The molecule has 1 aromatic carbocycles. The summed E-state index contributed by atoms with van der Waals surface area (Å²) < 4.78 is 0. The molecule has 1 saturated heterocycles. The normalized spacial score (nSPS) is 15.5. The fraction of sp³-hybridized carbons (Fsp3) is 0.353. The molecular weight excluding hydrogens is 328 g/mol. The highest BCUT2D eigenvalue weighted by molar-refractivity contribution is 6.30. The van der Waals surface area contributed by atoms with Crippen LogP contribution >= 0.6 is 11.6 Å². The van der Waals surface area contributed by atoms with Crippen molar-refractivity contribution in [2.45, 2.75) is 13.5 Å². The number of aromatic carboxylic acids is 1. The third kappa shape index (κ3) is 3.83. The second-order valence-electron chi connectivity index (χ2n) is 5.89. The van der Waals surface area contributed by atoms with Crippen molar-refractivity contribution in [1.82, 2.24) is 14.9 Å². The second-order valence-corrected chi connectivity index (χ2v) is 6.33. The van der Waals surface area contributed by atoms with E-state index in [0.717, 1.165) is 36.9 Å². The molecule has 0 aliphatic carbocycles. The third-order valence-corrected chi connectivity index (χ3v) is 4.43. The highest BCUT2D eigenvalue weighted by Crippen LogP contribution is 2.25. The van der Waals surface area contributed by atoms with Gasteiger partial charge >= 0.3 is 5.97 Å². The molecule has 2 aromatic rings. The van der Waals surface area contributed by atoms with Crippen molar-refractivity contribution in [3.63, 3.8) is 0 Å². The van der Waals surface area contributed by atoms with Crippen LogP contribution in [0.1, 0.15) is 21.7 Å². The van der Waals surface area contributed by atoms with Crippen LogP contribution in [0, 0.1) is 6.92 Å². The van der Waals surface area contributed by atoms with Gasteiger partial charge < -0.3 is 10.0 Å². The first-order valence-corrected chi connectivity index (χ1v) is 8.18. The molecule has 0 spiro atoms. The van der Waals surface area contributed by atoms with Crippen molar-refractivity contribution < 1.29 is 9.90 Å². The molecule has 126 valence electrons. The van der Waals surface area contributed by atoms with Gasteiger partial charge in [-0.25, -0.2) is 9.78 Å². The number of carboxylic acid groups (broad SMARTS) is 1. The Morgan fingerprint density at radius 2 is 1.96 bits per heavy atom. The second kappa shape index (κ2) is 7.15. The number of hydrogen-bond donors (Lipinski definition) is 1. The fourth-order valence-electron chi connectivity index (χ4n) is 2.85. The van der Waals surface area contributed by atoms with Gasteiger partial charge in [-0.15, -0.1) is 0 Å². The molecule has 0 unspecified atom stereocenters. The van der Waals surface area contributed by atoms with Crippen LogP contribution in [-0.2, 0) is 6.54 Å². The number of anilines is 1. The van der Waals surface area contributed by atoms with E-state index < -0.39 is 5.97 Å². The summed E-state index contributed by atoms with van der Waals surface area (Å²) in [6.07, 6.45) is 2.85. The van der Waals surface area contributed by atoms with Crippen LogP contribution in [0.2, 0.25) is 5.02 Å². The van der Waals surface area contributed by atoms with E-state index in [9.17, 15) is 4.79 Å². The number of aromatic nitrogens is 2. The van der Waals surface area contributed by atoms with Crippen LogP contribution in [0.15, 0.2) is 30.6 Å². The van der Waals surface area contributed by atoms with Crippen molar-refractivity contribution in [3.05, 3.63) is 52.6 Å². The monoisotopic (exact) mass is 346 g/mol. The molecular formula is C17H19ClN4O2. The van der Waals surface area contributed by atoms with Gasteiger partial charge in [0.05, 0.1) is 18.1 Å². The molecule has 2 heterocycles. The molecule has 1 aromatic heterocycles. The first-order valence-electron chi connectivity index (χ1n) is 7.80. The highest BCUT2D eigenvalue weighted by atomic mass is 35.5. The van der Waals surface area contributed by atoms with Crippen LogP contribution in [0.25, 0.3) is 0 Å². The molecule has 0 saturated carbocycles. The predicted molar refractivity (Wildman–Crippen MR) is 92.7 cm³/mol. The Balaban J connectivity index is 1.59. The molecule has 0 radical (unpaired) electrons. The minimum absolute atomic E-state index is 0.0278. The Hall–Kier alpha value is -2.18. The summed E-state index contributed by atoms with van der Waals surface area (Å²) in [6, 6.07) is 5.97. The lowest BCUT2D eigenvalue weighted by molar-refractivity contribution is 0.0690. The smallest absolute Gasteiger partial charge is 0.356 e. The summed E-state index contributed by atoms with van der Waals surface area (Å²) in [5.74, 6) is -1.06. The number of piperazine rings is 1. The van der Waals surface area contributed by atoms with Crippen LogP contribution in [0.5, 0.6) is 0 Å². The molecule has 24 heavy (non-hydrogen) atoms. The zero-order chi connectivity index (χ0) is 17.1. The maximum atomic E-state index is 10.8. The van der Waals surface area contributed by atoms with Gasteiger partial charge in [0.25, 0.3) is 0 Å². The van der Waals surface area contributed by atoms with Gasteiger partial charge in [-0.2, -0.15) is 0 Å². The average molecular weight is 347 g/mol. The third-order valence-electron chi connectivity index (χ3n) is 4.19. The van der Waals surface area contributed by atoms with Crippen LogP contribution in [0.3, 0.4) is 0 Å². The molecule has 1 N–H and O–H groups in total. The zero-order valence-corrected chi connectivity index (χ0v) is 14.2. The first kappa shape index (κ1) is 16.7. The van der Waals surface area contributed by atoms with Crippen molar-refractivity contribution in [2.75, 3.05) is 31.1 Å². The maximum absolute atomic E-state index is 10.8.